The van der Waals surface area contributed by atoms with Gasteiger partial charge in [0.05, 0.1) is 12.5 Å². The van der Waals surface area contributed by atoms with Crippen molar-refractivity contribution in [3.63, 3.8) is 0 Å². The Morgan fingerprint density at radius 1 is 1.27 bits per heavy atom. The number of rotatable bonds is 7. The summed E-state index contributed by atoms with van der Waals surface area (Å²) < 4.78 is 5.21. The second-order valence-electron chi connectivity index (χ2n) is 4.27. The van der Waals surface area contributed by atoms with E-state index in [0.29, 0.717) is 12.5 Å². The zero-order valence-electron chi connectivity index (χ0n) is 10.7. The fraction of sp³-hybridized carbons (Fsp3) is 0.917. The van der Waals surface area contributed by atoms with Gasteiger partial charge in [-0.3, -0.25) is 4.79 Å². The molecule has 0 saturated carbocycles. The molecule has 0 aliphatic carbocycles. The van der Waals surface area contributed by atoms with Gasteiger partial charge in [-0.05, 0) is 18.8 Å². The Kier molecular flexibility index (Phi) is 12.7. The molecule has 0 amide bonds. The van der Waals surface area contributed by atoms with E-state index in [-0.39, 0.29) is 35.8 Å². The van der Waals surface area contributed by atoms with E-state index in [0.717, 1.165) is 25.7 Å². The van der Waals surface area contributed by atoms with Crippen molar-refractivity contribution in [1.29, 1.82) is 0 Å². The van der Waals surface area contributed by atoms with Crippen LogP contribution >= 0.6 is 0 Å². The number of carbonyl (C=O) groups is 1. The standard InChI is InChI=1S/C12H24O2.Sn.2H/c1-5-7-8-11(6-2)12(13)14-9-10(3)4;;;/h10-11H,5-9H2,1-4H3;;;. The van der Waals surface area contributed by atoms with Crippen LogP contribution in [-0.2, 0) is 9.53 Å². The van der Waals surface area contributed by atoms with E-state index in [1.54, 1.807) is 0 Å². The van der Waals surface area contributed by atoms with Gasteiger partial charge in [0.15, 0.2) is 0 Å². The van der Waals surface area contributed by atoms with E-state index < -0.39 is 0 Å². The number of carbonyl (C=O) groups excluding carboxylic acids is 1. The Balaban J connectivity index is 0. The molecule has 0 fully saturated rings. The van der Waals surface area contributed by atoms with Gasteiger partial charge < -0.3 is 4.74 Å². The van der Waals surface area contributed by atoms with Gasteiger partial charge in [-0.15, -0.1) is 0 Å². The van der Waals surface area contributed by atoms with Crippen LogP contribution in [0.5, 0.6) is 0 Å². The molecule has 0 aromatic carbocycles. The molecule has 1 atom stereocenters. The zero-order valence-corrected chi connectivity index (χ0v) is 14.8. The van der Waals surface area contributed by atoms with Crippen LogP contribution in [0.3, 0.4) is 0 Å². The van der Waals surface area contributed by atoms with E-state index in [4.69, 9.17) is 4.74 Å². The first-order valence-corrected chi connectivity index (χ1v) is 5.78. The fourth-order valence-corrected chi connectivity index (χ4v) is 1.31. The molecule has 90 valence electrons. The Hall–Kier alpha value is 0.269. The van der Waals surface area contributed by atoms with Crippen molar-refractivity contribution < 1.29 is 9.53 Å². The second-order valence-corrected chi connectivity index (χ2v) is 4.27. The van der Waals surface area contributed by atoms with Crippen molar-refractivity contribution in [3.8, 4) is 0 Å². The van der Waals surface area contributed by atoms with Crippen LogP contribution in [0.25, 0.3) is 0 Å². The molecule has 3 heteroatoms. The average molecular weight is 321 g/mol. The van der Waals surface area contributed by atoms with Crippen molar-refractivity contribution in [1.82, 2.24) is 0 Å². The predicted molar refractivity (Wildman–Crippen MR) is 67.6 cm³/mol. The number of hydrogen-bond donors (Lipinski definition) is 0. The molecule has 0 saturated heterocycles. The number of hydrogen-bond acceptors (Lipinski definition) is 2. The Labute approximate surface area is 111 Å². The molecule has 0 rings (SSSR count). The van der Waals surface area contributed by atoms with Crippen LogP contribution in [0.1, 0.15) is 53.4 Å². The summed E-state index contributed by atoms with van der Waals surface area (Å²) in [5.41, 5.74) is 0. The van der Waals surface area contributed by atoms with Crippen molar-refractivity contribution in [2.75, 3.05) is 6.61 Å². The predicted octanol–water partition coefficient (Wildman–Crippen LogP) is 2.49. The van der Waals surface area contributed by atoms with Gasteiger partial charge in [-0.2, -0.15) is 0 Å². The van der Waals surface area contributed by atoms with Crippen LogP contribution in [-0.4, -0.2) is 36.5 Å². The molecule has 1 unspecified atom stereocenters. The molecular weight excluding hydrogens is 295 g/mol. The van der Waals surface area contributed by atoms with E-state index in [9.17, 15) is 4.79 Å². The molecule has 0 aromatic heterocycles. The Morgan fingerprint density at radius 3 is 2.27 bits per heavy atom. The van der Waals surface area contributed by atoms with Crippen molar-refractivity contribution >= 4 is 29.9 Å². The first-order valence-electron chi connectivity index (χ1n) is 5.78. The maximum atomic E-state index is 11.6. The molecule has 15 heavy (non-hydrogen) atoms. The van der Waals surface area contributed by atoms with E-state index in [1.165, 1.54) is 0 Å². The normalized spacial score (nSPS) is 12.1. The third-order valence-corrected chi connectivity index (χ3v) is 2.29. The minimum absolute atomic E-state index is 0. The molecule has 2 nitrogen and oxygen atoms in total. The molecule has 2 radical (unpaired) electrons. The van der Waals surface area contributed by atoms with Gasteiger partial charge in [-0.1, -0.05) is 40.5 Å². The van der Waals surface area contributed by atoms with E-state index in [2.05, 4.69) is 27.7 Å². The molecule has 0 N–H and O–H groups in total. The van der Waals surface area contributed by atoms with Gasteiger partial charge >= 0.3 is 29.9 Å². The Morgan fingerprint density at radius 2 is 1.87 bits per heavy atom. The van der Waals surface area contributed by atoms with Crippen LogP contribution in [0.4, 0.5) is 0 Å². The summed E-state index contributed by atoms with van der Waals surface area (Å²) in [6.45, 7) is 8.87. The van der Waals surface area contributed by atoms with Gasteiger partial charge in [0.25, 0.3) is 0 Å². The Bertz CT molecular complexity index is 158. The molecule has 0 aromatic rings. The van der Waals surface area contributed by atoms with Gasteiger partial charge in [0.2, 0.25) is 0 Å². The fourth-order valence-electron chi connectivity index (χ4n) is 1.31. The number of ether oxygens (including phenoxy) is 1. The third kappa shape index (κ3) is 9.21. The molecular formula is C12H26O2Sn. The molecule has 0 aliphatic heterocycles. The van der Waals surface area contributed by atoms with E-state index >= 15 is 0 Å². The molecule has 0 spiro atoms. The maximum absolute atomic E-state index is 11.6. The van der Waals surface area contributed by atoms with Crippen LogP contribution in [0.15, 0.2) is 0 Å². The number of esters is 1. The zero-order chi connectivity index (χ0) is 11.0. The summed E-state index contributed by atoms with van der Waals surface area (Å²) in [6.07, 6.45) is 4.14. The van der Waals surface area contributed by atoms with Crippen LogP contribution < -0.4 is 0 Å². The van der Waals surface area contributed by atoms with Crippen LogP contribution in [0.2, 0.25) is 0 Å². The van der Waals surface area contributed by atoms with Crippen molar-refractivity contribution in [2.45, 2.75) is 53.4 Å². The quantitative estimate of drug-likeness (QED) is 0.532. The minimum atomic E-state index is -0.00495. The van der Waals surface area contributed by atoms with Gasteiger partial charge in [0, 0.05) is 0 Å². The van der Waals surface area contributed by atoms with Gasteiger partial charge in [0.1, 0.15) is 0 Å². The SMILES string of the molecule is CCCCC(CC)C(=O)OCC(C)C.[SnH2]. The first-order chi connectivity index (χ1) is 6.61. The monoisotopic (exact) mass is 322 g/mol. The first kappa shape index (κ1) is 17.7. The molecule has 0 aliphatic rings. The summed E-state index contributed by atoms with van der Waals surface area (Å²) >= 11 is 0. The van der Waals surface area contributed by atoms with Crippen molar-refractivity contribution in [2.24, 2.45) is 11.8 Å². The van der Waals surface area contributed by atoms with E-state index in [1.807, 2.05) is 0 Å². The topological polar surface area (TPSA) is 26.3 Å². The summed E-state index contributed by atoms with van der Waals surface area (Å²) in [6, 6.07) is 0. The number of unbranched alkanes of at least 4 members (excludes halogenated alkanes) is 1. The summed E-state index contributed by atoms with van der Waals surface area (Å²) in [5, 5.41) is 0. The average Bonchev–Trinajstić information content (AvgIpc) is 2.16. The summed E-state index contributed by atoms with van der Waals surface area (Å²) in [4.78, 5) is 11.6. The molecule has 0 heterocycles. The van der Waals surface area contributed by atoms with Gasteiger partial charge in [-0.25, -0.2) is 0 Å². The summed E-state index contributed by atoms with van der Waals surface area (Å²) in [7, 11) is 0. The third-order valence-electron chi connectivity index (χ3n) is 2.29. The second kappa shape index (κ2) is 10.8. The summed E-state index contributed by atoms with van der Waals surface area (Å²) in [5.74, 6) is 0.547. The van der Waals surface area contributed by atoms with Crippen LogP contribution in [0, 0.1) is 11.8 Å². The molecule has 0 bridgehead atoms. The van der Waals surface area contributed by atoms with Crippen molar-refractivity contribution in [3.05, 3.63) is 0 Å².